The van der Waals surface area contributed by atoms with Gasteiger partial charge < -0.3 is 15.2 Å². The number of carbonyl (C=O) groups excluding carboxylic acids is 2. The number of halogens is 1. The van der Waals surface area contributed by atoms with Gasteiger partial charge in [-0.05, 0) is 43.2 Å². The molecule has 0 radical (unpaired) electrons. The molecule has 0 bridgehead atoms. The number of benzene rings is 2. The maximum absolute atomic E-state index is 11.9. The van der Waals surface area contributed by atoms with Gasteiger partial charge in [-0.15, -0.1) is 0 Å². The van der Waals surface area contributed by atoms with Gasteiger partial charge in [0.15, 0.2) is 0 Å². The standard InChI is InChI=1S/C22H26BrN3O4/c1-30-20-13-12-17(23)14-16(20)15-24-26-22(29)11-5-3-2-4-10-21(28)25-18-8-6-7-9-19(18)27/h6-9,12-15,27H,2-5,10-11H2,1H3,(H,25,28)(H,26,29)/b24-15+. The van der Waals surface area contributed by atoms with E-state index >= 15 is 0 Å². The van der Waals surface area contributed by atoms with E-state index in [2.05, 4.69) is 31.8 Å². The molecule has 0 unspecified atom stereocenters. The van der Waals surface area contributed by atoms with Gasteiger partial charge in [-0.2, -0.15) is 5.10 Å². The molecular formula is C22H26BrN3O4. The maximum atomic E-state index is 11.9. The van der Waals surface area contributed by atoms with Gasteiger partial charge in [-0.3, -0.25) is 9.59 Å². The largest absolute Gasteiger partial charge is 0.506 e. The molecule has 0 saturated carbocycles. The number of hydrogen-bond acceptors (Lipinski definition) is 5. The summed E-state index contributed by atoms with van der Waals surface area (Å²) in [7, 11) is 1.58. The first-order valence-electron chi connectivity index (χ1n) is 9.73. The van der Waals surface area contributed by atoms with E-state index in [1.165, 1.54) is 6.07 Å². The number of rotatable bonds is 11. The lowest BCUT2D eigenvalue weighted by Crippen LogP contribution is -2.17. The molecule has 0 aliphatic carbocycles. The van der Waals surface area contributed by atoms with Crippen molar-refractivity contribution < 1.29 is 19.4 Å². The van der Waals surface area contributed by atoms with Crippen molar-refractivity contribution in [3.63, 3.8) is 0 Å². The van der Waals surface area contributed by atoms with Crippen LogP contribution in [0.4, 0.5) is 5.69 Å². The third kappa shape index (κ3) is 8.24. The Balaban J connectivity index is 1.58. The fourth-order valence-electron chi connectivity index (χ4n) is 2.75. The van der Waals surface area contributed by atoms with E-state index in [0.29, 0.717) is 24.3 Å². The van der Waals surface area contributed by atoms with Crippen LogP contribution in [0.25, 0.3) is 0 Å². The van der Waals surface area contributed by atoms with Crippen LogP contribution in [0.2, 0.25) is 0 Å². The summed E-state index contributed by atoms with van der Waals surface area (Å²) in [5.74, 6) is 0.435. The molecule has 3 N–H and O–H groups in total. The number of amides is 2. The minimum Gasteiger partial charge on any atom is -0.506 e. The Morgan fingerprint density at radius 2 is 1.77 bits per heavy atom. The van der Waals surface area contributed by atoms with Crippen LogP contribution in [-0.2, 0) is 9.59 Å². The number of nitrogens with one attached hydrogen (secondary N) is 2. The molecule has 7 nitrogen and oxygen atoms in total. The minimum atomic E-state index is -0.155. The Morgan fingerprint density at radius 1 is 1.07 bits per heavy atom. The summed E-state index contributed by atoms with van der Waals surface area (Å²) in [6, 6.07) is 12.2. The molecule has 0 atom stereocenters. The summed E-state index contributed by atoms with van der Waals surface area (Å²) < 4.78 is 6.14. The van der Waals surface area contributed by atoms with Gasteiger partial charge in [0.25, 0.3) is 0 Å². The second kappa shape index (κ2) is 12.6. The number of para-hydroxylation sites is 2. The van der Waals surface area contributed by atoms with E-state index in [-0.39, 0.29) is 17.6 Å². The van der Waals surface area contributed by atoms with Gasteiger partial charge in [-0.1, -0.05) is 40.9 Å². The zero-order valence-electron chi connectivity index (χ0n) is 16.9. The van der Waals surface area contributed by atoms with E-state index < -0.39 is 0 Å². The lowest BCUT2D eigenvalue weighted by Gasteiger charge is -2.07. The highest BCUT2D eigenvalue weighted by Crippen LogP contribution is 2.22. The molecule has 2 aromatic rings. The van der Waals surface area contributed by atoms with Gasteiger partial charge in [0.2, 0.25) is 11.8 Å². The lowest BCUT2D eigenvalue weighted by molar-refractivity contribution is -0.121. The fraction of sp³-hybridized carbons (Fsp3) is 0.318. The van der Waals surface area contributed by atoms with E-state index in [9.17, 15) is 14.7 Å². The van der Waals surface area contributed by atoms with E-state index in [1.807, 2.05) is 18.2 Å². The summed E-state index contributed by atoms with van der Waals surface area (Å²) in [5, 5.41) is 16.3. The highest BCUT2D eigenvalue weighted by molar-refractivity contribution is 9.10. The molecular weight excluding hydrogens is 450 g/mol. The second-order valence-corrected chi connectivity index (χ2v) is 7.57. The van der Waals surface area contributed by atoms with Crippen molar-refractivity contribution in [2.24, 2.45) is 5.10 Å². The first kappa shape index (κ1) is 23.4. The van der Waals surface area contributed by atoms with Gasteiger partial charge in [0.1, 0.15) is 11.5 Å². The number of phenolic OH excluding ortho intramolecular Hbond substituents is 1. The van der Waals surface area contributed by atoms with Crippen molar-refractivity contribution in [1.82, 2.24) is 5.43 Å². The number of ether oxygens (including phenoxy) is 1. The van der Waals surface area contributed by atoms with Gasteiger partial charge in [-0.25, -0.2) is 5.43 Å². The molecule has 0 saturated heterocycles. The predicted octanol–water partition coefficient (Wildman–Crippen LogP) is 4.59. The zero-order valence-corrected chi connectivity index (χ0v) is 18.4. The van der Waals surface area contributed by atoms with E-state index in [4.69, 9.17) is 4.74 Å². The minimum absolute atomic E-state index is 0.0536. The predicted molar refractivity (Wildman–Crippen MR) is 121 cm³/mol. The van der Waals surface area contributed by atoms with Crippen molar-refractivity contribution in [3.05, 3.63) is 52.5 Å². The number of nitrogens with zero attached hydrogens (tertiary/aromatic N) is 1. The smallest absolute Gasteiger partial charge is 0.240 e. The summed E-state index contributed by atoms with van der Waals surface area (Å²) in [6.45, 7) is 0. The third-order valence-electron chi connectivity index (χ3n) is 4.32. The Labute approximate surface area is 184 Å². The molecule has 0 heterocycles. The third-order valence-corrected chi connectivity index (χ3v) is 4.81. The topological polar surface area (TPSA) is 100 Å². The quantitative estimate of drug-likeness (QED) is 0.191. The van der Waals surface area contributed by atoms with Crippen LogP contribution in [0, 0.1) is 0 Å². The highest BCUT2D eigenvalue weighted by Gasteiger charge is 2.06. The van der Waals surface area contributed by atoms with Crippen molar-refractivity contribution in [2.45, 2.75) is 38.5 Å². The average Bonchev–Trinajstić information content (AvgIpc) is 2.72. The first-order valence-corrected chi connectivity index (χ1v) is 10.5. The molecule has 0 fully saturated rings. The van der Waals surface area contributed by atoms with Gasteiger partial charge in [0.05, 0.1) is 19.0 Å². The van der Waals surface area contributed by atoms with Crippen LogP contribution < -0.4 is 15.5 Å². The average molecular weight is 476 g/mol. The van der Waals surface area contributed by atoms with Crippen LogP contribution in [0.15, 0.2) is 52.0 Å². The molecule has 0 spiro atoms. The monoisotopic (exact) mass is 475 g/mol. The van der Waals surface area contributed by atoms with Crippen LogP contribution >= 0.6 is 15.9 Å². The summed E-state index contributed by atoms with van der Waals surface area (Å²) in [4.78, 5) is 23.8. The lowest BCUT2D eigenvalue weighted by atomic mass is 10.1. The summed E-state index contributed by atoms with van der Waals surface area (Å²) >= 11 is 3.39. The van der Waals surface area contributed by atoms with E-state index in [0.717, 1.165) is 35.7 Å². The van der Waals surface area contributed by atoms with Gasteiger partial charge in [0, 0.05) is 22.9 Å². The van der Waals surface area contributed by atoms with Crippen molar-refractivity contribution in [2.75, 3.05) is 12.4 Å². The van der Waals surface area contributed by atoms with Crippen LogP contribution in [0.1, 0.15) is 44.1 Å². The number of aromatic hydroxyl groups is 1. The second-order valence-electron chi connectivity index (χ2n) is 6.66. The number of hydrazone groups is 1. The van der Waals surface area contributed by atoms with E-state index in [1.54, 1.807) is 31.5 Å². The fourth-order valence-corrected chi connectivity index (χ4v) is 3.13. The Hall–Kier alpha value is -2.87. The summed E-state index contributed by atoms with van der Waals surface area (Å²) in [5.41, 5.74) is 3.69. The maximum Gasteiger partial charge on any atom is 0.240 e. The number of anilines is 1. The van der Waals surface area contributed by atoms with Crippen LogP contribution in [0.3, 0.4) is 0 Å². The van der Waals surface area contributed by atoms with Crippen molar-refractivity contribution >= 4 is 39.6 Å². The summed E-state index contributed by atoms with van der Waals surface area (Å²) in [6.07, 6.45) is 5.44. The van der Waals surface area contributed by atoms with Crippen LogP contribution in [0.5, 0.6) is 11.5 Å². The Bertz CT molecular complexity index is 886. The van der Waals surface area contributed by atoms with Crippen molar-refractivity contribution in [1.29, 1.82) is 0 Å². The SMILES string of the molecule is COc1ccc(Br)cc1/C=N/NC(=O)CCCCCCC(=O)Nc1ccccc1O. The Kier molecular flexibility index (Phi) is 9.86. The molecule has 0 aromatic heterocycles. The number of hydrogen-bond donors (Lipinski definition) is 3. The molecule has 0 aliphatic rings. The van der Waals surface area contributed by atoms with Crippen LogP contribution in [-0.4, -0.2) is 30.2 Å². The number of methoxy groups -OCH3 is 1. The first-order chi connectivity index (χ1) is 14.5. The van der Waals surface area contributed by atoms with Gasteiger partial charge >= 0.3 is 0 Å². The molecule has 2 amide bonds. The Morgan fingerprint density at radius 3 is 2.47 bits per heavy atom. The molecule has 160 valence electrons. The zero-order chi connectivity index (χ0) is 21.8. The molecule has 0 aliphatic heterocycles. The normalized spacial score (nSPS) is 10.7. The number of phenols is 1. The number of unbranched alkanes of at least 4 members (excludes halogenated alkanes) is 3. The molecule has 2 aromatic carbocycles. The number of carbonyl (C=O) groups is 2. The molecule has 8 heteroatoms. The van der Waals surface area contributed by atoms with Crippen molar-refractivity contribution in [3.8, 4) is 11.5 Å². The highest BCUT2D eigenvalue weighted by atomic mass is 79.9. The molecule has 30 heavy (non-hydrogen) atoms. The molecule has 2 rings (SSSR count).